The van der Waals surface area contributed by atoms with Crippen molar-refractivity contribution in [3.05, 3.63) is 0 Å². The molecule has 1 saturated carbocycles. The molecule has 0 aromatic carbocycles. The van der Waals surface area contributed by atoms with E-state index in [0.717, 1.165) is 6.42 Å². The average molecular weight is 226 g/mol. The largest absolute Gasteiger partial charge is 0.392 e. The smallest absolute Gasteiger partial charge is 0.0621 e. The molecule has 0 bridgehead atoms. The van der Waals surface area contributed by atoms with Gasteiger partial charge in [0.05, 0.1) is 6.10 Å². The van der Waals surface area contributed by atoms with Crippen molar-refractivity contribution in [2.75, 3.05) is 6.54 Å². The molecule has 1 aliphatic carbocycles. The lowest BCUT2D eigenvalue weighted by Crippen LogP contribution is -2.61. The third kappa shape index (κ3) is 2.41. The van der Waals surface area contributed by atoms with Crippen molar-refractivity contribution >= 4 is 0 Å². The van der Waals surface area contributed by atoms with E-state index in [1.165, 1.54) is 25.8 Å². The van der Waals surface area contributed by atoms with Gasteiger partial charge in [0.1, 0.15) is 0 Å². The van der Waals surface area contributed by atoms with Crippen LogP contribution >= 0.6 is 0 Å². The quantitative estimate of drug-likeness (QED) is 0.676. The van der Waals surface area contributed by atoms with E-state index in [4.69, 9.17) is 0 Å². The van der Waals surface area contributed by atoms with Crippen molar-refractivity contribution in [3.63, 3.8) is 0 Å². The Kier molecular flexibility index (Phi) is 3.57. The van der Waals surface area contributed by atoms with Crippen molar-refractivity contribution in [1.82, 2.24) is 10.6 Å². The molecule has 2 aliphatic rings. The Bertz CT molecular complexity index is 236. The summed E-state index contributed by atoms with van der Waals surface area (Å²) in [6, 6.07) is 1.74. The molecule has 4 atom stereocenters. The van der Waals surface area contributed by atoms with E-state index in [0.29, 0.717) is 18.1 Å². The second kappa shape index (κ2) is 4.63. The second-order valence-electron chi connectivity index (χ2n) is 6.22. The first-order chi connectivity index (χ1) is 7.50. The Morgan fingerprint density at radius 1 is 1.50 bits per heavy atom. The Morgan fingerprint density at radius 2 is 2.25 bits per heavy atom. The summed E-state index contributed by atoms with van der Waals surface area (Å²) in [5, 5.41) is 16.9. The monoisotopic (exact) mass is 226 g/mol. The van der Waals surface area contributed by atoms with Crippen LogP contribution in [0.2, 0.25) is 0 Å². The predicted molar refractivity (Wildman–Crippen MR) is 66.4 cm³/mol. The van der Waals surface area contributed by atoms with E-state index in [9.17, 15) is 5.11 Å². The topological polar surface area (TPSA) is 44.3 Å². The summed E-state index contributed by atoms with van der Waals surface area (Å²) in [7, 11) is 0. The van der Waals surface area contributed by atoms with Gasteiger partial charge in [0.2, 0.25) is 0 Å². The molecule has 0 spiro atoms. The molecule has 0 amide bonds. The first kappa shape index (κ1) is 12.3. The zero-order valence-corrected chi connectivity index (χ0v) is 10.8. The fourth-order valence-electron chi connectivity index (χ4n) is 2.98. The fraction of sp³-hybridized carbons (Fsp3) is 1.00. The molecule has 1 aliphatic heterocycles. The van der Waals surface area contributed by atoms with Crippen LogP contribution in [0.1, 0.15) is 46.5 Å². The maximum absolute atomic E-state index is 9.69. The van der Waals surface area contributed by atoms with Crippen molar-refractivity contribution in [2.24, 2.45) is 5.41 Å². The van der Waals surface area contributed by atoms with Gasteiger partial charge >= 0.3 is 0 Å². The number of aliphatic hydroxyl groups excluding tert-OH is 1. The normalized spacial score (nSPS) is 39.4. The molecule has 1 heterocycles. The summed E-state index contributed by atoms with van der Waals surface area (Å²) in [4.78, 5) is 0. The Morgan fingerprint density at radius 3 is 2.75 bits per heavy atom. The highest BCUT2D eigenvalue weighted by Crippen LogP contribution is 2.40. The summed E-state index contributed by atoms with van der Waals surface area (Å²) in [5.41, 5.74) is 0.0529. The number of hydrogen-bond donors (Lipinski definition) is 3. The van der Waals surface area contributed by atoms with E-state index in [1.807, 2.05) is 0 Å². The van der Waals surface area contributed by atoms with Crippen molar-refractivity contribution in [2.45, 2.75) is 70.7 Å². The lowest BCUT2D eigenvalue weighted by Gasteiger charge is -2.50. The average Bonchev–Trinajstić information content (AvgIpc) is 2.70. The maximum Gasteiger partial charge on any atom is 0.0621 e. The van der Waals surface area contributed by atoms with Crippen molar-refractivity contribution in [1.29, 1.82) is 0 Å². The van der Waals surface area contributed by atoms with E-state index in [1.54, 1.807) is 0 Å². The first-order valence-corrected chi connectivity index (χ1v) is 6.67. The molecule has 1 saturated heterocycles. The molecule has 0 aromatic heterocycles. The van der Waals surface area contributed by atoms with Gasteiger partial charge in [-0.2, -0.15) is 0 Å². The molecule has 3 heteroatoms. The van der Waals surface area contributed by atoms with Crippen LogP contribution in [0, 0.1) is 5.41 Å². The van der Waals surface area contributed by atoms with Crippen LogP contribution in [0.3, 0.4) is 0 Å². The van der Waals surface area contributed by atoms with Gasteiger partial charge in [-0.25, -0.2) is 0 Å². The molecule has 2 rings (SSSR count). The zero-order chi connectivity index (χ0) is 11.8. The lowest BCUT2D eigenvalue weighted by molar-refractivity contribution is -0.0757. The molecule has 0 aromatic rings. The van der Waals surface area contributed by atoms with Gasteiger partial charge in [-0.15, -0.1) is 0 Å². The third-order valence-electron chi connectivity index (χ3n) is 4.50. The summed E-state index contributed by atoms with van der Waals surface area (Å²) >= 11 is 0. The molecule has 16 heavy (non-hydrogen) atoms. The van der Waals surface area contributed by atoms with Crippen LogP contribution in [0.4, 0.5) is 0 Å². The number of aliphatic hydroxyl groups is 1. The molecule has 94 valence electrons. The highest BCUT2D eigenvalue weighted by Gasteiger charge is 2.47. The SMILES string of the molecule is CC(CC1CCCN1)NC1CC(O)C1(C)C. The van der Waals surface area contributed by atoms with Crippen LogP contribution in [-0.2, 0) is 0 Å². The van der Waals surface area contributed by atoms with Gasteiger partial charge in [-0.3, -0.25) is 0 Å². The van der Waals surface area contributed by atoms with Gasteiger partial charge in [0.25, 0.3) is 0 Å². The molecule has 3 nitrogen and oxygen atoms in total. The highest BCUT2D eigenvalue weighted by atomic mass is 16.3. The Balaban J connectivity index is 1.73. The molecular formula is C13H26N2O. The summed E-state index contributed by atoms with van der Waals surface area (Å²) < 4.78 is 0. The molecule has 2 fully saturated rings. The van der Waals surface area contributed by atoms with Crippen LogP contribution in [0.15, 0.2) is 0 Å². The van der Waals surface area contributed by atoms with Crippen LogP contribution < -0.4 is 10.6 Å². The standard InChI is InChI=1S/C13H26N2O/c1-9(7-10-5-4-6-14-10)15-11-8-12(16)13(11,2)3/h9-12,14-16H,4-8H2,1-3H3. The number of nitrogens with one attached hydrogen (secondary N) is 2. The van der Waals surface area contributed by atoms with Gasteiger partial charge in [0.15, 0.2) is 0 Å². The fourth-order valence-corrected chi connectivity index (χ4v) is 2.98. The summed E-state index contributed by atoms with van der Waals surface area (Å²) in [6.07, 6.45) is 4.65. The van der Waals surface area contributed by atoms with Crippen molar-refractivity contribution in [3.8, 4) is 0 Å². The minimum absolute atomic E-state index is 0.0529. The van der Waals surface area contributed by atoms with Crippen LogP contribution in [0.25, 0.3) is 0 Å². The second-order valence-corrected chi connectivity index (χ2v) is 6.22. The lowest BCUT2D eigenvalue weighted by atomic mass is 9.64. The van der Waals surface area contributed by atoms with Gasteiger partial charge in [-0.1, -0.05) is 13.8 Å². The van der Waals surface area contributed by atoms with Gasteiger partial charge < -0.3 is 15.7 Å². The summed E-state index contributed by atoms with van der Waals surface area (Å²) in [5.74, 6) is 0. The number of hydrogen-bond acceptors (Lipinski definition) is 3. The molecule has 4 unspecified atom stereocenters. The Labute approximate surface area is 99.0 Å². The van der Waals surface area contributed by atoms with E-state index < -0.39 is 0 Å². The van der Waals surface area contributed by atoms with Crippen molar-refractivity contribution < 1.29 is 5.11 Å². The minimum Gasteiger partial charge on any atom is -0.392 e. The summed E-state index contributed by atoms with van der Waals surface area (Å²) in [6.45, 7) is 7.75. The Hall–Kier alpha value is -0.120. The minimum atomic E-state index is -0.123. The van der Waals surface area contributed by atoms with E-state index in [2.05, 4.69) is 31.4 Å². The molecule has 0 radical (unpaired) electrons. The molecule has 3 N–H and O–H groups in total. The third-order valence-corrected chi connectivity index (χ3v) is 4.50. The number of rotatable bonds is 4. The highest BCUT2D eigenvalue weighted by molar-refractivity contribution is 5.02. The molecular weight excluding hydrogens is 200 g/mol. The first-order valence-electron chi connectivity index (χ1n) is 6.67. The van der Waals surface area contributed by atoms with E-state index in [-0.39, 0.29) is 11.5 Å². The zero-order valence-electron chi connectivity index (χ0n) is 10.8. The van der Waals surface area contributed by atoms with Crippen LogP contribution in [-0.4, -0.2) is 35.9 Å². The van der Waals surface area contributed by atoms with Crippen LogP contribution in [0.5, 0.6) is 0 Å². The van der Waals surface area contributed by atoms with Gasteiger partial charge in [0, 0.05) is 23.5 Å². The predicted octanol–water partition coefficient (Wildman–Crippen LogP) is 1.27. The van der Waals surface area contributed by atoms with E-state index >= 15 is 0 Å². The van der Waals surface area contributed by atoms with Gasteiger partial charge in [-0.05, 0) is 39.2 Å². The maximum atomic E-state index is 9.69.